The van der Waals surface area contributed by atoms with Crippen LogP contribution in [-0.4, -0.2) is 19.2 Å². The first-order chi connectivity index (χ1) is 12.6. The molecule has 0 radical (unpaired) electrons. The fourth-order valence-electron chi connectivity index (χ4n) is 2.21. The molecule has 0 fully saturated rings. The molecule has 132 valence electrons. The minimum atomic E-state index is -0.509. The zero-order chi connectivity index (χ0) is 18.5. The number of nitrogens with zero attached hydrogens (tertiary/aromatic N) is 1. The normalized spacial score (nSPS) is 10.9. The Morgan fingerprint density at radius 2 is 1.88 bits per heavy atom. The van der Waals surface area contributed by atoms with E-state index >= 15 is 0 Å². The van der Waals surface area contributed by atoms with Gasteiger partial charge in [-0.25, -0.2) is 14.2 Å². The van der Waals surface area contributed by atoms with E-state index in [0.29, 0.717) is 10.4 Å². The molecule has 0 bridgehead atoms. The van der Waals surface area contributed by atoms with Crippen LogP contribution in [0.3, 0.4) is 0 Å². The third kappa shape index (κ3) is 4.12. The van der Waals surface area contributed by atoms with Gasteiger partial charge in [-0.05, 0) is 53.6 Å². The van der Waals surface area contributed by atoms with Crippen LogP contribution in [0.1, 0.15) is 15.2 Å². The molecule has 0 aliphatic heterocycles. The lowest BCUT2D eigenvalue weighted by molar-refractivity contribution is 0.0959. The lowest BCUT2D eigenvalue weighted by Gasteiger charge is -2.01. The summed E-state index contributed by atoms with van der Waals surface area (Å²) in [5.41, 5.74) is 3.71. The molecule has 3 aromatic rings. The van der Waals surface area contributed by atoms with Crippen molar-refractivity contribution in [3.63, 3.8) is 0 Å². The van der Waals surface area contributed by atoms with Gasteiger partial charge in [0.15, 0.2) is 11.6 Å². The summed E-state index contributed by atoms with van der Waals surface area (Å²) >= 11 is 1.27. The zero-order valence-corrected chi connectivity index (χ0v) is 14.5. The van der Waals surface area contributed by atoms with E-state index in [0.717, 1.165) is 10.4 Å². The monoisotopic (exact) mass is 372 g/mol. The van der Waals surface area contributed by atoms with Crippen LogP contribution in [0.2, 0.25) is 0 Å². The Hall–Kier alpha value is -3.06. The van der Waals surface area contributed by atoms with Gasteiger partial charge < -0.3 is 4.74 Å². The number of ether oxygens (including phenoxy) is 1. The van der Waals surface area contributed by atoms with Crippen molar-refractivity contribution in [1.82, 2.24) is 5.43 Å². The van der Waals surface area contributed by atoms with E-state index in [-0.39, 0.29) is 17.5 Å². The summed E-state index contributed by atoms with van der Waals surface area (Å²) in [6, 6.07) is 13.9. The minimum Gasteiger partial charge on any atom is -0.494 e. The molecule has 0 aliphatic carbocycles. The molecule has 2 aromatic carbocycles. The molecule has 0 spiro atoms. The number of halogens is 2. The number of methoxy groups -OCH3 is 1. The van der Waals surface area contributed by atoms with Gasteiger partial charge in [0.25, 0.3) is 5.91 Å². The summed E-state index contributed by atoms with van der Waals surface area (Å²) in [6.45, 7) is 0. The number of nitrogens with one attached hydrogen (secondary N) is 1. The van der Waals surface area contributed by atoms with Gasteiger partial charge in [0.1, 0.15) is 5.82 Å². The number of hydrogen-bond donors (Lipinski definition) is 1. The Balaban J connectivity index is 1.65. The van der Waals surface area contributed by atoms with E-state index in [4.69, 9.17) is 4.74 Å². The van der Waals surface area contributed by atoms with Crippen LogP contribution in [0.15, 0.2) is 59.7 Å². The molecule has 1 aromatic heterocycles. The molecule has 1 amide bonds. The molecule has 1 N–H and O–H groups in total. The number of amides is 1. The highest BCUT2D eigenvalue weighted by Crippen LogP contribution is 2.28. The van der Waals surface area contributed by atoms with Crippen LogP contribution in [0, 0.1) is 11.6 Å². The second-order valence-corrected chi connectivity index (χ2v) is 6.35. The van der Waals surface area contributed by atoms with Gasteiger partial charge in [-0.3, -0.25) is 4.79 Å². The van der Waals surface area contributed by atoms with E-state index < -0.39 is 5.82 Å². The topological polar surface area (TPSA) is 50.7 Å². The van der Waals surface area contributed by atoms with Gasteiger partial charge in [0.2, 0.25) is 0 Å². The highest BCUT2D eigenvalue weighted by molar-refractivity contribution is 7.17. The lowest BCUT2D eigenvalue weighted by Crippen LogP contribution is -2.16. The zero-order valence-electron chi connectivity index (χ0n) is 13.7. The maximum atomic E-state index is 13.6. The molecule has 0 atom stereocenters. The largest absolute Gasteiger partial charge is 0.494 e. The third-order valence-corrected chi connectivity index (χ3v) is 4.65. The molecule has 4 nitrogen and oxygen atoms in total. The summed E-state index contributed by atoms with van der Waals surface area (Å²) in [4.78, 5) is 13.4. The van der Waals surface area contributed by atoms with Gasteiger partial charge in [-0.15, -0.1) is 11.3 Å². The molecule has 0 unspecified atom stereocenters. The standard InChI is InChI=1S/C19H14F2N2O2S/c1-25-16-7-2-12(10-15(16)21)11-22-23-19(24)18-9-8-17(26-18)13-3-5-14(20)6-4-13/h2-11H,1H3,(H,23,24)/b22-11-. The highest BCUT2D eigenvalue weighted by atomic mass is 32.1. The van der Waals surface area contributed by atoms with E-state index in [1.807, 2.05) is 0 Å². The number of hydrogen-bond acceptors (Lipinski definition) is 4. The number of benzene rings is 2. The fraction of sp³-hybridized carbons (Fsp3) is 0.0526. The van der Waals surface area contributed by atoms with Crippen LogP contribution in [0.4, 0.5) is 8.78 Å². The fourth-order valence-corrected chi connectivity index (χ4v) is 3.11. The second kappa shape index (κ2) is 7.88. The molecule has 0 saturated heterocycles. The summed E-state index contributed by atoms with van der Waals surface area (Å²) in [7, 11) is 1.38. The third-order valence-electron chi connectivity index (χ3n) is 3.51. The maximum absolute atomic E-state index is 13.6. The Labute approximate surface area is 152 Å². The maximum Gasteiger partial charge on any atom is 0.281 e. The predicted molar refractivity (Wildman–Crippen MR) is 97.7 cm³/mol. The van der Waals surface area contributed by atoms with E-state index in [2.05, 4.69) is 10.5 Å². The van der Waals surface area contributed by atoms with Crippen molar-refractivity contribution >= 4 is 23.5 Å². The van der Waals surface area contributed by atoms with Crippen molar-refractivity contribution in [3.8, 4) is 16.2 Å². The summed E-state index contributed by atoms with van der Waals surface area (Å²) < 4.78 is 31.4. The number of carbonyl (C=O) groups is 1. The first-order valence-electron chi connectivity index (χ1n) is 7.59. The van der Waals surface area contributed by atoms with Crippen LogP contribution >= 0.6 is 11.3 Å². The molecule has 3 rings (SSSR count). The summed E-state index contributed by atoms with van der Waals surface area (Å²) in [6.07, 6.45) is 1.34. The summed E-state index contributed by atoms with van der Waals surface area (Å²) in [5, 5.41) is 3.83. The quantitative estimate of drug-likeness (QED) is 0.531. The van der Waals surface area contributed by atoms with Crippen molar-refractivity contribution in [1.29, 1.82) is 0 Å². The van der Waals surface area contributed by atoms with Gasteiger partial charge in [0, 0.05) is 4.88 Å². The SMILES string of the molecule is COc1ccc(/C=N\NC(=O)c2ccc(-c3ccc(F)cc3)s2)cc1F. The van der Waals surface area contributed by atoms with Gasteiger partial charge >= 0.3 is 0 Å². The van der Waals surface area contributed by atoms with Gasteiger partial charge in [-0.2, -0.15) is 5.10 Å². The Bertz CT molecular complexity index is 952. The van der Waals surface area contributed by atoms with Crippen LogP contribution in [0.5, 0.6) is 5.75 Å². The molecule has 0 aliphatic rings. The van der Waals surface area contributed by atoms with Crippen LogP contribution in [-0.2, 0) is 0 Å². The van der Waals surface area contributed by atoms with Gasteiger partial charge in [0.05, 0.1) is 18.2 Å². The van der Waals surface area contributed by atoms with Crippen molar-refractivity contribution in [3.05, 3.63) is 76.7 Å². The average molecular weight is 372 g/mol. The van der Waals surface area contributed by atoms with Crippen molar-refractivity contribution < 1.29 is 18.3 Å². The van der Waals surface area contributed by atoms with E-state index in [9.17, 15) is 13.6 Å². The number of carbonyl (C=O) groups excluding carboxylic acids is 1. The number of hydrazone groups is 1. The highest BCUT2D eigenvalue weighted by Gasteiger charge is 2.10. The van der Waals surface area contributed by atoms with E-state index in [1.165, 1.54) is 48.9 Å². The lowest BCUT2D eigenvalue weighted by atomic mass is 10.2. The molecule has 7 heteroatoms. The first-order valence-corrected chi connectivity index (χ1v) is 8.41. The molecule has 0 saturated carbocycles. The predicted octanol–water partition coefficient (Wildman–Crippen LogP) is 4.47. The second-order valence-electron chi connectivity index (χ2n) is 5.26. The molecule has 26 heavy (non-hydrogen) atoms. The van der Waals surface area contributed by atoms with Crippen molar-refractivity contribution in [2.75, 3.05) is 7.11 Å². The Kier molecular flexibility index (Phi) is 5.38. The van der Waals surface area contributed by atoms with Crippen molar-refractivity contribution in [2.24, 2.45) is 5.10 Å². The van der Waals surface area contributed by atoms with Crippen LogP contribution in [0.25, 0.3) is 10.4 Å². The molecule has 1 heterocycles. The number of thiophene rings is 1. The first kappa shape index (κ1) is 17.8. The molecular weight excluding hydrogens is 358 g/mol. The van der Waals surface area contributed by atoms with Crippen molar-refractivity contribution in [2.45, 2.75) is 0 Å². The summed E-state index contributed by atoms with van der Waals surface area (Å²) in [5.74, 6) is -1.07. The average Bonchev–Trinajstić information content (AvgIpc) is 3.12. The van der Waals surface area contributed by atoms with E-state index in [1.54, 1.807) is 30.3 Å². The molecular formula is C19H14F2N2O2S. The Morgan fingerprint density at radius 3 is 2.58 bits per heavy atom. The van der Waals surface area contributed by atoms with Gasteiger partial charge in [-0.1, -0.05) is 12.1 Å². The number of rotatable bonds is 5. The minimum absolute atomic E-state index is 0.137. The smallest absolute Gasteiger partial charge is 0.281 e. The van der Waals surface area contributed by atoms with Crippen LogP contribution < -0.4 is 10.2 Å². The Morgan fingerprint density at radius 1 is 1.12 bits per heavy atom.